The molecule has 4 rings (SSSR count). The second-order valence-corrected chi connectivity index (χ2v) is 9.31. The number of halogens is 1. The lowest BCUT2D eigenvalue weighted by molar-refractivity contribution is -0.115. The van der Waals surface area contributed by atoms with Crippen LogP contribution in [0.5, 0.6) is 0 Å². The summed E-state index contributed by atoms with van der Waals surface area (Å²) in [5.74, 6) is -0.0893. The Morgan fingerprint density at radius 3 is 2.50 bits per heavy atom. The molecule has 0 saturated heterocycles. The van der Waals surface area contributed by atoms with E-state index in [4.69, 9.17) is 11.6 Å². The van der Waals surface area contributed by atoms with Crippen LogP contribution in [0.25, 0.3) is 0 Å². The number of aromatic nitrogens is 1. The molecule has 6 heteroatoms. The van der Waals surface area contributed by atoms with E-state index < -0.39 is 5.25 Å². The highest BCUT2D eigenvalue weighted by molar-refractivity contribution is 8.00. The molecule has 0 fully saturated rings. The number of benzene rings is 3. The van der Waals surface area contributed by atoms with Gasteiger partial charge in [-0.05, 0) is 66.9 Å². The number of nitrogens with one attached hydrogen (secondary N) is 1. The third kappa shape index (κ3) is 5.93. The number of aryl methyl sites for hydroxylation is 2. The van der Waals surface area contributed by atoms with Crippen molar-refractivity contribution in [3.05, 3.63) is 119 Å². The van der Waals surface area contributed by atoms with E-state index in [1.165, 1.54) is 17.3 Å². The number of nitrogens with zero attached hydrogens (tertiary/aromatic N) is 2. The lowest BCUT2D eigenvalue weighted by atomic mass is 10.1. The molecule has 1 atom stereocenters. The zero-order valence-corrected chi connectivity index (χ0v) is 20.5. The Kier molecular flexibility index (Phi) is 7.78. The van der Waals surface area contributed by atoms with Gasteiger partial charge in [0, 0.05) is 28.6 Å². The molecule has 3 aromatic carbocycles. The summed E-state index contributed by atoms with van der Waals surface area (Å²) < 4.78 is 0. The molecule has 4 nitrogen and oxygen atoms in total. The molecule has 1 aromatic heterocycles. The lowest BCUT2D eigenvalue weighted by Crippen LogP contribution is -2.19. The van der Waals surface area contributed by atoms with E-state index in [2.05, 4.69) is 22.2 Å². The Hall–Kier alpha value is -3.41. The van der Waals surface area contributed by atoms with Gasteiger partial charge in [-0.3, -0.25) is 9.79 Å². The summed E-state index contributed by atoms with van der Waals surface area (Å²) in [7, 11) is 0. The van der Waals surface area contributed by atoms with Crippen molar-refractivity contribution in [3.63, 3.8) is 0 Å². The molecule has 0 aliphatic heterocycles. The van der Waals surface area contributed by atoms with Gasteiger partial charge >= 0.3 is 0 Å². The van der Waals surface area contributed by atoms with Gasteiger partial charge < -0.3 is 5.32 Å². The number of amides is 1. The van der Waals surface area contributed by atoms with Crippen molar-refractivity contribution in [1.82, 2.24) is 4.98 Å². The van der Waals surface area contributed by atoms with E-state index in [0.717, 1.165) is 33.0 Å². The maximum absolute atomic E-state index is 13.5. The Balaban J connectivity index is 1.63. The molecule has 0 spiro atoms. The fraction of sp³-hybridized carbons (Fsp3) is 0.107. The van der Waals surface area contributed by atoms with E-state index >= 15 is 0 Å². The number of rotatable bonds is 7. The number of anilines is 1. The van der Waals surface area contributed by atoms with E-state index in [0.29, 0.717) is 5.15 Å². The molecule has 0 saturated carbocycles. The monoisotopic (exact) mass is 485 g/mol. The highest BCUT2D eigenvalue weighted by Gasteiger charge is 2.23. The Morgan fingerprint density at radius 1 is 0.971 bits per heavy atom. The number of carbonyl (C=O) groups is 1. The molecule has 0 bridgehead atoms. The summed E-state index contributed by atoms with van der Waals surface area (Å²) in [6.07, 6.45) is 3.34. The van der Waals surface area contributed by atoms with Crippen molar-refractivity contribution in [3.8, 4) is 0 Å². The van der Waals surface area contributed by atoms with Gasteiger partial charge in [0.1, 0.15) is 10.4 Å². The predicted octanol–water partition coefficient (Wildman–Crippen LogP) is 7.57. The van der Waals surface area contributed by atoms with Crippen molar-refractivity contribution in [1.29, 1.82) is 0 Å². The van der Waals surface area contributed by atoms with Gasteiger partial charge in [0.25, 0.3) is 0 Å². The molecule has 0 radical (unpaired) electrons. The van der Waals surface area contributed by atoms with Gasteiger partial charge in [-0.1, -0.05) is 60.1 Å². The van der Waals surface area contributed by atoms with Crippen molar-refractivity contribution in [2.45, 2.75) is 24.0 Å². The molecule has 0 unspecified atom stereocenters. The van der Waals surface area contributed by atoms with Gasteiger partial charge in [0.05, 0.1) is 5.69 Å². The van der Waals surface area contributed by atoms with Gasteiger partial charge in [-0.15, -0.1) is 11.8 Å². The van der Waals surface area contributed by atoms with Crippen molar-refractivity contribution in [2.24, 2.45) is 4.99 Å². The third-order valence-corrected chi connectivity index (χ3v) is 6.99. The van der Waals surface area contributed by atoms with Crippen LogP contribution in [0.15, 0.2) is 101 Å². The number of aliphatic imine (C=N–C) groups is 1. The van der Waals surface area contributed by atoms with Gasteiger partial charge in [0.15, 0.2) is 0 Å². The minimum absolute atomic E-state index is 0.0893. The van der Waals surface area contributed by atoms with Gasteiger partial charge in [-0.2, -0.15) is 0 Å². The smallest absolute Gasteiger partial charge is 0.242 e. The summed E-state index contributed by atoms with van der Waals surface area (Å²) in [6.45, 7) is 4.09. The second-order valence-electron chi connectivity index (χ2n) is 7.81. The quantitative estimate of drug-likeness (QED) is 0.167. The lowest BCUT2D eigenvalue weighted by Gasteiger charge is -2.18. The minimum Gasteiger partial charge on any atom is -0.325 e. The summed E-state index contributed by atoms with van der Waals surface area (Å²) >= 11 is 7.64. The number of hydrogen-bond acceptors (Lipinski definition) is 4. The van der Waals surface area contributed by atoms with Crippen LogP contribution < -0.4 is 5.32 Å². The summed E-state index contributed by atoms with van der Waals surface area (Å²) in [4.78, 5) is 23.1. The Bertz CT molecular complexity index is 1320. The van der Waals surface area contributed by atoms with Crippen molar-refractivity contribution < 1.29 is 4.79 Å². The van der Waals surface area contributed by atoms with E-state index in [-0.39, 0.29) is 5.91 Å². The van der Waals surface area contributed by atoms with Crippen LogP contribution in [0.2, 0.25) is 5.15 Å². The fourth-order valence-corrected chi connectivity index (χ4v) is 4.63. The first-order valence-electron chi connectivity index (χ1n) is 10.8. The largest absolute Gasteiger partial charge is 0.325 e. The molecule has 34 heavy (non-hydrogen) atoms. The average molecular weight is 486 g/mol. The van der Waals surface area contributed by atoms with E-state index in [9.17, 15) is 4.79 Å². The van der Waals surface area contributed by atoms with Crippen LogP contribution in [-0.2, 0) is 4.79 Å². The Morgan fingerprint density at radius 2 is 1.74 bits per heavy atom. The third-order valence-electron chi connectivity index (χ3n) is 5.36. The summed E-state index contributed by atoms with van der Waals surface area (Å²) in [5, 5.41) is 3.03. The van der Waals surface area contributed by atoms with Gasteiger partial charge in [0.2, 0.25) is 5.91 Å². The van der Waals surface area contributed by atoms with Crippen molar-refractivity contribution >= 4 is 46.9 Å². The first kappa shape index (κ1) is 23.7. The van der Waals surface area contributed by atoms with Crippen LogP contribution in [0, 0.1) is 13.8 Å². The fourth-order valence-electron chi connectivity index (χ4n) is 3.35. The topological polar surface area (TPSA) is 54.4 Å². The molecule has 1 N–H and O–H groups in total. The van der Waals surface area contributed by atoms with Gasteiger partial charge in [-0.25, -0.2) is 4.98 Å². The molecular formula is C28H24ClN3OS. The zero-order chi connectivity index (χ0) is 23.9. The molecule has 1 heterocycles. The van der Waals surface area contributed by atoms with Crippen LogP contribution in [0.1, 0.15) is 27.5 Å². The van der Waals surface area contributed by atoms with Crippen molar-refractivity contribution in [2.75, 3.05) is 5.32 Å². The molecular weight excluding hydrogens is 462 g/mol. The molecule has 0 aliphatic carbocycles. The first-order valence-corrected chi connectivity index (χ1v) is 12.1. The van der Waals surface area contributed by atoms with Crippen LogP contribution in [0.4, 0.5) is 11.4 Å². The number of pyridine rings is 1. The molecule has 170 valence electrons. The summed E-state index contributed by atoms with van der Waals surface area (Å²) in [6, 6.07) is 27.2. The van der Waals surface area contributed by atoms with Crippen LogP contribution in [0.3, 0.4) is 0 Å². The highest BCUT2D eigenvalue weighted by Crippen LogP contribution is 2.40. The normalized spacial score (nSPS) is 12.0. The molecule has 1 amide bonds. The van der Waals surface area contributed by atoms with Crippen LogP contribution >= 0.6 is 23.4 Å². The standard InChI is InChI=1S/C28H24ClN3OS/c1-19-14-15-23(17-20(19)2)32-28(33)26(21-9-4-3-5-10-21)34-25-13-7-6-12-24(25)31-18-22-11-8-16-30-27(22)29/h3-18,26H,1-2H3,(H,32,33)/t26-/m1/s1. The van der Waals surface area contributed by atoms with E-state index in [1.807, 2.05) is 91.9 Å². The maximum atomic E-state index is 13.5. The maximum Gasteiger partial charge on any atom is 0.242 e. The number of para-hydroxylation sites is 1. The zero-order valence-electron chi connectivity index (χ0n) is 18.9. The highest BCUT2D eigenvalue weighted by atomic mass is 35.5. The first-order chi connectivity index (χ1) is 16.5. The Labute approximate surface area is 209 Å². The molecule has 0 aliphatic rings. The number of thioether (sulfide) groups is 1. The van der Waals surface area contributed by atoms with Crippen LogP contribution in [-0.4, -0.2) is 17.1 Å². The van der Waals surface area contributed by atoms with E-state index in [1.54, 1.807) is 12.4 Å². The second kappa shape index (κ2) is 11.1. The predicted molar refractivity (Wildman–Crippen MR) is 143 cm³/mol. The minimum atomic E-state index is -0.457. The number of hydrogen-bond donors (Lipinski definition) is 1. The number of carbonyl (C=O) groups excluding carboxylic acids is 1. The summed E-state index contributed by atoms with van der Waals surface area (Å²) in [5.41, 5.74) is 5.52. The molecule has 4 aromatic rings. The SMILES string of the molecule is Cc1ccc(NC(=O)[C@H](Sc2ccccc2N=Cc2cccnc2Cl)c2ccccc2)cc1C. The average Bonchev–Trinajstić information content (AvgIpc) is 2.85.